The molecule has 12 nitrogen and oxygen atoms in total. The lowest BCUT2D eigenvalue weighted by Crippen LogP contribution is -2.77. The lowest BCUT2D eigenvalue weighted by molar-refractivity contribution is -0.196. The van der Waals surface area contributed by atoms with Gasteiger partial charge in [-0.05, 0) is 31.7 Å². The van der Waals surface area contributed by atoms with Crippen molar-refractivity contribution in [1.29, 1.82) is 0 Å². The Morgan fingerprint density at radius 1 is 1.11 bits per heavy atom. The maximum atomic E-state index is 13.8. The van der Waals surface area contributed by atoms with Gasteiger partial charge in [-0.15, -0.1) is 0 Å². The number of fused-ring (bicyclic) bond motifs is 3. The van der Waals surface area contributed by atoms with Gasteiger partial charge in [0.25, 0.3) is 0 Å². The molecule has 6 N–H and O–H groups in total. The van der Waals surface area contributed by atoms with E-state index in [1.54, 1.807) is 6.92 Å². The van der Waals surface area contributed by atoms with Gasteiger partial charge in [0, 0.05) is 17.6 Å². The predicted molar refractivity (Wildman–Crippen MR) is 124 cm³/mol. The number of hydrogen-bond acceptors (Lipinski definition) is 10. The van der Waals surface area contributed by atoms with Crippen molar-refractivity contribution in [3.8, 4) is 5.75 Å². The molecule has 0 heterocycles. The largest absolute Gasteiger partial charge is 0.507 e. The number of amides is 1. The second-order valence-electron chi connectivity index (χ2n) is 10.0. The molecule has 0 spiro atoms. The van der Waals surface area contributed by atoms with Gasteiger partial charge in [0.15, 0.2) is 34.7 Å². The van der Waals surface area contributed by atoms with Gasteiger partial charge in [-0.1, -0.05) is 19.1 Å². The van der Waals surface area contributed by atoms with Gasteiger partial charge >= 0.3 is 5.97 Å². The van der Waals surface area contributed by atoms with Crippen LogP contribution < -0.4 is 5.73 Å². The Balaban J connectivity index is 1.93. The molecule has 1 aromatic rings. The van der Waals surface area contributed by atoms with Gasteiger partial charge in [0.2, 0.25) is 5.91 Å². The molecule has 37 heavy (non-hydrogen) atoms. The Morgan fingerprint density at radius 3 is 2.27 bits per heavy atom. The minimum atomic E-state index is -3.08. The summed E-state index contributed by atoms with van der Waals surface area (Å²) in [5.74, 6) is -15.6. The third kappa shape index (κ3) is 3.47. The number of aromatic hydroxyl groups is 1. The number of nitrogens with zero attached hydrogens (tertiary/aromatic N) is 1. The topological polar surface area (TPSA) is 213 Å². The molecule has 3 aliphatic rings. The molecule has 2 fully saturated rings. The first-order valence-corrected chi connectivity index (χ1v) is 11.5. The van der Waals surface area contributed by atoms with Crippen LogP contribution in [0.3, 0.4) is 0 Å². The minimum Gasteiger partial charge on any atom is -0.507 e. The summed E-state index contributed by atoms with van der Waals surface area (Å²) in [6, 6.07) is 1.39. The molecule has 0 aliphatic heterocycles. The van der Waals surface area contributed by atoms with Crippen LogP contribution in [-0.2, 0) is 24.0 Å². The fourth-order valence-corrected chi connectivity index (χ4v) is 6.30. The molecule has 2 unspecified atom stereocenters. The predicted octanol–water partition coefficient (Wildman–Crippen LogP) is -1.50. The molecular weight excluding hydrogens is 488 g/mol. The highest BCUT2D eigenvalue weighted by Crippen LogP contribution is 2.54. The summed E-state index contributed by atoms with van der Waals surface area (Å²) in [6.07, 6.45) is 0.0772. The van der Waals surface area contributed by atoms with Crippen molar-refractivity contribution in [2.24, 2.45) is 29.4 Å². The molecule has 12 heteroatoms. The molecule has 8 atom stereocenters. The number of benzene rings is 1. The molecule has 0 bridgehead atoms. The smallest absolute Gasteiger partial charge is 0.328 e. The van der Waals surface area contributed by atoms with Crippen LogP contribution >= 0.6 is 0 Å². The van der Waals surface area contributed by atoms with Crippen LogP contribution in [0.5, 0.6) is 5.75 Å². The molecule has 2 saturated carbocycles. The quantitative estimate of drug-likeness (QED) is 0.230. The van der Waals surface area contributed by atoms with E-state index in [-0.39, 0.29) is 16.7 Å². The van der Waals surface area contributed by atoms with E-state index < -0.39 is 88.1 Å². The molecule has 3 aliphatic carbocycles. The van der Waals surface area contributed by atoms with Crippen molar-refractivity contribution < 1.29 is 49.2 Å². The van der Waals surface area contributed by atoms with Gasteiger partial charge in [-0.25, -0.2) is 4.79 Å². The normalized spacial score (nSPS) is 35.4. The van der Waals surface area contributed by atoms with Crippen LogP contribution in [0.4, 0.5) is 0 Å². The van der Waals surface area contributed by atoms with E-state index in [4.69, 9.17) is 10.8 Å². The van der Waals surface area contributed by atoms with Gasteiger partial charge in [-0.3, -0.25) is 28.9 Å². The van der Waals surface area contributed by atoms with E-state index in [2.05, 4.69) is 0 Å². The maximum absolute atomic E-state index is 13.8. The second-order valence-corrected chi connectivity index (χ2v) is 10.0. The highest BCUT2D eigenvalue weighted by atomic mass is 16.4. The number of nitrogens with two attached hydrogens (primary N) is 1. The number of aliphatic carboxylic acids is 1. The number of carbonyl (C=O) groups is 6. The maximum Gasteiger partial charge on any atom is 0.328 e. The molecule has 196 valence electrons. The summed E-state index contributed by atoms with van der Waals surface area (Å²) in [6.45, 7) is 1.58. The minimum absolute atomic E-state index is 0.0265. The molecule has 4 rings (SSSR count). The number of likely N-dealkylation sites (N-methyl/N-ethyl adjacent to an activating group) is 1. The number of aliphatic hydroxyl groups is 2. The molecule has 1 amide bonds. The number of primary amides is 1. The molecular formula is C25H26N2O10. The van der Waals surface area contributed by atoms with E-state index in [0.29, 0.717) is 0 Å². The van der Waals surface area contributed by atoms with Gasteiger partial charge in [0.1, 0.15) is 5.75 Å². The Hall–Kier alpha value is -3.74. The highest BCUT2D eigenvalue weighted by molar-refractivity contribution is 6.32. The van der Waals surface area contributed by atoms with E-state index in [1.807, 2.05) is 0 Å². The van der Waals surface area contributed by atoms with Crippen LogP contribution in [0.2, 0.25) is 0 Å². The van der Waals surface area contributed by atoms with Crippen LogP contribution in [0.15, 0.2) is 18.2 Å². The lowest BCUT2D eigenvalue weighted by Gasteiger charge is -2.56. The second kappa shape index (κ2) is 8.68. The van der Waals surface area contributed by atoms with Gasteiger partial charge < -0.3 is 26.2 Å². The van der Waals surface area contributed by atoms with Crippen molar-refractivity contribution in [2.45, 2.75) is 30.6 Å². The zero-order valence-corrected chi connectivity index (χ0v) is 20.1. The van der Waals surface area contributed by atoms with E-state index in [9.17, 15) is 44.1 Å². The summed E-state index contributed by atoms with van der Waals surface area (Å²) in [5.41, 5.74) is 2.12. The highest BCUT2D eigenvalue weighted by Gasteiger charge is 2.72. The SMILES string of the molecule is C[C@H]1c2ccc(/C=C/C(=O)O)c(O)c2C(=O)C2C(=O)[C@]3(O)C(=O)C(C(N)=O)C(=O)[C@@H](N(C)C)[C@@H]3[C@@H](O)[C@@H]21. The number of carboxylic acid groups (broad SMARTS) is 1. The Morgan fingerprint density at radius 2 is 1.73 bits per heavy atom. The van der Waals surface area contributed by atoms with Gasteiger partial charge in [0.05, 0.1) is 29.5 Å². The number of phenolic OH excluding ortho intramolecular Hbond substituents is 1. The molecule has 1 aromatic carbocycles. The average Bonchev–Trinajstić information content (AvgIpc) is 2.80. The first kappa shape index (κ1) is 26.3. The van der Waals surface area contributed by atoms with Crippen molar-refractivity contribution in [1.82, 2.24) is 4.90 Å². The Kier molecular flexibility index (Phi) is 6.18. The summed E-state index contributed by atoms with van der Waals surface area (Å²) in [4.78, 5) is 78.1. The first-order chi connectivity index (χ1) is 17.2. The zero-order valence-electron chi connectivity index (χ0n) is 20.1. The number of carboxylic acids is 1. The van der Waals surface area contributed by atoms with Crippen molar-refractivity contribution in [3.63, 3.8) is 0 Å². The number of carbonyl (C=O) groups excluding carboxylic acids is 5. The van der Waals surface area contributed by atoms with Crippen LogP contribution in [0.25, 0.3) is 6.08 Å². The first-order valence-electron chi connectivity index (χ1n) is 11.5. The molecule has 0 saturated heterocycles. The monoisotopic (exact) mass is 514 g/mol. The molecule has 0 radical (unpaired) electrons. The van der Waals surface area contributed by atoms with Gasteiger partial charge in [-0.2, -0.15) is 0 Å². The fraction of sp³-hybridized carbons (Fsp3) is 0.440. The zero-order chi connectivity index (χ0) is 27.7. The summed E-state index contributed by atoms with van der Waals surface area (Å²) >= 11 is 0. The van der Waals surface area contributed by atoms with Crippen LogP contribution in [0, 0.1) is 23.7 Å². The summed E-state index contributed by atoms with van der Waals surface area (Å²) in [7, 11) is 2.82. The number of phenols is 1. The van der Waals surface area contributed by atoms with Crippen molar-refractivity contribution in [2.75, 3.05) is 14.1 Å². The molecule has 0 aromatic heterocycles. The summed E-state index contributed by atoms with van der Waals surface area (Å²) < 4.78 is 0. The van der Waals surface area contributed by atoms with E-state index >= 15 is 0 Å². The number of aliphatic hydroxyl groups excluding tert-OH is 1. The van der Waals surface area contributed by atoms with E-state index in [0.717, 1.165) is 12.2 Å². The third-order valence-corrected chi connectivity index (χ3v) is 7.93. The number of ketones is 4. The third-order valence-electron chi connectivity index (χ3n) is 7.93. The number of hydrogen-bond donors (Lipinski definition) is 5. The Labute approximate surface area is 210 Å². The van der Waals surface area contributed by atoms with Crippen LogP contribution in [-0.4, -0.2) is 92.2 Å². The number of Topliss-reactive ketones (excluding diaryl/α,β-unsaturated/α-hetero) is 4. The van der Waals surface area contributed by atoms with Crippen molar-refractivity contribution in [3.05, 3.63) is 34.9 Å². The average molecular weight is 514 g/mol. The van der Waals surface area contributed by atoms with Crippen molar-refractivity contribution >= 4 is 41.1 Å². The Bertz CT molecular complexity index is 1300. The van der Waals surface area contributed by atoms with Crippen LogP contribution in [0.1, 0.15) is 34.3 Å². The van der Waals surface area contributed by atoms with E-state index in [1.165, 1.54) is 31.1 Å². The lowest BCUT2D eigenvalue weighted by atomic mass is 9.49. The summed E-state index contributed by atoms with van der Waals surface area (Å²) in [5, 5.41) is 42.8. The number of rotatable bonds is 4. The standard InChI is InChI=1S/C25H26N2O10/c1-8-10-6-4-9(5-7-11(28)29)18(30)13(10)19(31)14-12(8)20(32)16-17(27(2)3)21(33)15(24(26)36)23(35)25(16,37)22(14)34/h4-8,12,14-17,20,30,32,37H,1-3H3,(H2,26,36)(H,28,29)/b7-5+/t8-,12+,14?,15?,16+,17-,20-,25-/m0/s1. The fourth-order valence-electron chi connectivity index (χ4n) is 6.30.